The first-order valence-corrected chi connectivity index (χ1v) is 13.2. The first-order chi connectivity index (χ1) is 17.9. The summed E-state index contributed by atoms with van der Waals surface area (Å²) in [7, 11) is 0. The largest absolute Gasteiger partial charge is 0.481 e. The Kier molecular flexibility index (Phi) is 10.7. The van der Waals surface area contributed by atoms with Crippen molar-refractivity contribution in [1.29, 1.82) is 0 Å². The van der Waals surface area contributed by atoms with Crippen molar-refractivity contribution in [1.82, 2.24) is 10.5 Å². The fraction of sp³-hybridized carbons (Fsp3) is 0.571. The van der Waals surface area contributed by atoms with Crippen molar-refractivity contribution < 1.29 is 33.5 Å². The summed E-state index contributed by atoms with van der Waals surface area (Å²) in [5.74, 6) is -1.68. The summed E-state index contributed by atoms with van der Waals surface area (Å²) in [4.78, 5) is 47.9. The van der Waals surface area contributed by atoms with Gasteiger partial charge < -0.3 is 14.3 Å². The fourth-order valence-corrected chi connectivity index (χ4v) is 4.82. The van der Waals surface area contributed by atoms with Crippen LogP contribution in [0.5, 0.6) is 0 Å². The average Bonchev–Trinajstić information content (AvgIpc) is 3.57. The predicted octanol–water partition coefficient (Wildman–Crippen LogP) is 5.10. The van der Waals surface area contributed by atoms with Crippen molar-refractivity contribution in [2.45, 2.75) is 84.2 Å². The Hall–Kier alpha value is -3.20. The number of esters is 1. The monoisotopic (exact) mass is 514 g/mol. The van der Waals surface area contributed by atoms with Gasteiger partial charge in [0.05, 0.1) is 30.6 Å². The van der Waals surface area contributed by atoms with Crippen LogP contribution < -0.4 is 5.48 Å². The number of benzene rings is 1. The number of hydrogen-bond donors (Lipinski definition) is 2. The number of nitrogens with zero attached hydrogens (tertiary/aromatic N) is 1. The van der Waals surface area contributed by atoms with Crippen molar-refractivity contribution in [2.75, 3.05) is 6.61 Å². The molecule has 1 aromatic carbocycles. The zero-order valence-corrected chi connectivity index (χ0v) is 21.7. The smallest absolute Gasteiger partial charge is 0.338 e. The number of aromatic nitrogens is 1. The molecule has 2 N–H and O–H groups in total. The number of carboxylic acids is 1. The number of carbonyl (C=O) groups is 3. The molecule has 0 aliphatic heterocycles. The van der Waals surface area contributed by atoms with Crippen LogP contribution in [0.1, 0.15) is 77.5 Å². The molecule has 3 rings (SSSR count). The molecule has 1 aliphatic rings. The summed E-state index contributed by atoms with van der Waals surface area (Å²) < 4.78 is 11.2. The van der Waals surface area contributed by atoms with Gasteiger partial charge in [0.15, 0.2) is 17.8 Å². The number of ether oxygens (including phenoxy) is 1. The molecule has 1 heterocycles. The lowest BCUT2D eigenvalue weighted by Crippen LogP contribution is -2.45. The molecule has 1 amide bonds. The van der Waals surface area contributed by atoms with Crippen molar-refractivity contribution in [3.05, 3.63) is 42.4 Å². The third-order valence-corrected chi connectivity index (χ3v) is 6.94. The van der Waals surface area contributed by atoms with E-state index in [9.17, 15) is 19.5 Å². The minimum atomic E-state index is -1.16. The van der Waals surface area contributed by atoms with Gasteiger partial charge in [-0.05, 0) is 32.1 Å². The molecule has 9 heteroatoms. The fourth-order valence-electron chi connectivity index (χ4n) is 4.82. The Morgan fingerprint density at radius 3 is 2.51 bits per heavy atom. The van der Waals surface area contributed by atoms with Crippen LogP contribution in [-0.2, 0) is 30.4 Å². The maximum atomic E-state index is 13.3. The number of carboxylic acid groups (broad SMARTS) is 1. The summed E-state index contributed by atoms with van der Waals surface area (Å²) in [5, 5.41) is 9.66. The minimum absolute atomic E-state index is 0.0291. The highest BCUT2D eigenvalue weighted by Crippen LogP contribution is 2.44. The van der Waals surface area contributed by atoms with E-state index in [2.05, 4.69) is 10.5 Å². The molecule has 1 unspecified atom stereocenters. The van der Waals surface area contributed by atoms with Gasteiger partial charge in [0.2, 0.25) is 5.91 Å². The van der Waals surface area contributed by atoms with E-state index in [1.807, 2.05) is 44.2 Å². The van der Waals surface area contributed by atoms with E-state index in [1.165, 1.54) is 0 Å². The van der Waals surface area contributed by atoms with E-state index in [0.717, 1.165) is 31.2 Å². The Morgan fingerprint density at radius 2 is 1.86 bits per heavy atom. The van der Waals surface area contributed by atoms with Gasteiger partial charge in [0, 0.05) is 5.56 Å². The molecule has 9 nitrogen and oxygen atoms in total. The van der Waals surface area contributed by atoms with Crippen LogP contribution in [0.25, 0.3) is 11.3 Å². The van der Waals surface area contributed by atoms with E-state index >= 15 is 0 Å². The van der Waals surface area contributed by atoms with Crippen LogP contribution in [0.15, 0.2) is 40.9 Å². The van der Waals surface area contributed by atoms with Gasteiger partial charge in [-0.3, -0.25) is 14.4 Å². The van der Waals surface area contributed by atoms with E-state index in [0.29, 0.717) is 31.4 Å². The highest BCUT2D eigenvalue weighted by atomic mass is 16.7. The Bertz CT molecular complexity index is 1010. The molecule has 202 valence electrons. The SMILES string of the molecule is CCCCOC(=O)C(Cc1ncc(-c2ccccc2)o1)ONC(=O)C1(C[C@@H](CCC)C(=O)O)CCCC1. The normalized spacial score (nSPS) is 16.2. The summed E-state index contributed by atoms with van der Waals surface area (Å²) in [6, 6.07) is 9.46. The summed E-state index contributed by atoms with van der Waals surface area (Å²) in [5.41, 5.74) is 2.49. The molecule has 0 spiro atoms. The molecule has 0 saturated heterocycles. The molecule has 1 saturated carbocycles. The second kappa shape index (κ2) is 13.9. The maximum Gasteiger partial charge on any atom is 0.338 e. The van der Waals surface area contributed by atoms with Crippen molar-refractivity contribution in [3.63, 3.8) is 0 Å². The summed E-state index contributed by atoms with van der Waals surface area (Å²) >= 11 is 0. The van der Waals surface area contributed by atoms with Crippen molar-refractivity contribution in [3.8, 4) is 11.3 Å². The van der Waals surface area contributed by atoms with Gasteiger partial charge >= 0.3 is 11.9 Å². The molecule has 2 atom stereocenters. The number of amides is 1. The molecule has 1 fully saturated rings. The minimum Gasteiger partial charge on any atom is -0.481 e. The first kappa shape index (κ1) is 28.4. The zero-order valence-electron chi connectivity index (χ0n) is 21.7. The number of carbonyl (C=O) groups excluding carboxylic acids is 2. The van der Waals surface area contributed by atoms with Gasteiger partial charge in [0.1, 0.15) is 0 Å². The van der Waals surface area contributed by atoms with Crippen LogP contribution in [0.2, 0.25) is 0 Å². The van der Waals surface area contributed by atoms with Gasteiger partial charge in [-0.1, -0.05) is 69.9 Å². The molecular formula is C28H38N2O7. The van der Waals surface area contributed by atoms with Crippen molar-refractivity contribution in [2.24, 2.45) is 11.3 Å². The van der Waals surface area contributed by atoms with Crippen LogP contribution in [0, 0.1) is 11.3 Å². The number of aliphatic carboxylic acids is 1. The predicted molar refractivity (Wildman–Crippen MR) is 136 cm³/mol. The van der Waals surface area contributed by atoms with E-state index in [4.69, 9.17) is 14.0 Å². The second-order valence-electron chi connectivity index (χ2n) is 9.76. The van der Waals surface area contributed by atoms with Gasteiger partial charge in [-0.25, -0.2) is 15.3 Å². The standard InChI is InChI=1S/C28H38N2O7/c1-3-5-16-35-26(33)22(17-24-29-19-23(36-24)20-12-7-6-8-13-20)37-30-27(34)28(14-9-10-15-28)18-21(11-4-2)25(31)32/h6-8,12-13,19,21-22H,3-5,9-11,14-18H2,1-2H3,(H,30,34)(H,31,32)/t21-,22?/m1/s1. The second-order valence-corrected chi connectivity index (χ2v) is 9.76. The molecule has 37 heavy (non-hydrogen) atoms. The topological polar surface area (TPSA) is 128 Å². The van der Waals surface area contributed by atoms with E-state index in [1.54, 1.807) is 6.20 Å². The number of nitrogens with one attached hydrogen (secondary N) is 1. The lowest BCUT2D eigenvalue weighted by Gasteiger charge is -2.30. The average molecular weight is 515 g/mol. The first-order valence-electron chi connectivity index (χ1n) is 13.2. The molecule has 2 aromatic rings. The van der Waals surface area contributed by atoms with Crippen LogP contribution in [0.4, 0.5) is 0 Å². The third-order valence-electron chi connectivity index (χ3n) is 6.94. The quantitative estimate of drug-likeness (QED) is 0.191. The van der Waals surface area contributed by atoms with Crippen LogP contribution >= 0.6 is 0 Å². The summed E-state index contributed by atoms with van der Waals surface area (Å²) in [6.07, 6.45) is 6.28. The molecule has 0 bridgehead atoms. The van der Waals surface area contributed by atoms with Gasteiger partial charge in [0.25, 0.3) is 0 Å². The number of oxazole rings is 1. The third kappa shape index (κ3) is 7.89. The van der Waals surface area contributed by atoms with Crippen molar-refractivity contribution >= 4 is 17.8 Å². The number of hydroxylamine groups is 1. The van der Waals surface area contributed by atoms with Crippen LogP contribution in [-0.4, -0.2) is 40.6 Å². The lowest BCUT2D eigenvalue weighted by atomic mass is 9.76. The number of unbranched alkanes of at least 4 members (excludes halogenated alkanes) is 1. The highest BCUT2D eigenvalue weighted by Gasteiger charge is 2.44. The Morgan fingerprint density at radius 1 is 1.14 bits per heavy atom. The van der Waals surface area contributed by atoms with E-state index < -0.39 is 35.3 Å². The Labute approximate surface area is 217 Å². The molecule has 1 aromatic heterocycles. The number of rotatable bonds is 15. The maximum absolute atomic E-state index is 13.3. The highest BCUT2D eigenvalue weighted by molar-refractivity contribution is 5.83. The van der Waals surface area contributed by atoms with Crippen LogP contribution in [0.3, 0.4) is 0 Å². The molecule has 1 aliphatic carbocycles. The Balaban J connectivity index is 1.71. The molecular weight excluding hydrogens is 476 g/mol. The van der Waals surface area contributed by atoms with E-state index in [-0.39, 0.29) is 25.3 Å². The molecule has 0 radical (unpaired) electrons. The number of hydrogen-bond acceptors (Lipinski definition) is 7. The van der Waals surface area contributed by atoms with Gasteiger partial charge in [-0.15, -0.1) is 0 Å². The zero-order chi connectivity index (χ0) is 26.7. The summed E-state index contributed by atoms with van der Waals surface area (Å²) in [6.45, 7) is 4.16. The lowest BCUT2D eigenvalue weighted by molar-refractivity contribution is -0.169. The van der Waals surface area contributed by atoms with Gasteiger partial charge in [-0.2, -0.15) is 0 Å².